The van der Waals surface area contributed by atoms with Crippen molar-refractivity contribution < 1.29 is 4.79 Å². The van der Waals surface area contributed by atoms with Gasteiger partial charge in [0.15, 0.2) is 0 Å². The zero-order valence-electron chi connectivity index (χ0n) is 15.3. The molecule has 0 fully saturated rings. The van der Waals surface area contributed by atoms with Crippen molar-refractivity contribution in [2.24, 2.45) is 5.73 Å². The number of nitrogens with two attached hydrogens (primary N) is 1. The number of aromatic nitrogens is 2. The van der Waals surface area contributed by atoms with Gasteiger partial charge in [0.2, 0.25) is 5.91 Å². The number of nitrogens with zero attached hydrogens (tertiary/aromatic N) is 2. The molecule has 0 unspecified atom stereocenters. The quantitative estimate of drug-likeness (QED) is 0.717. The molecule has 6 heteroatoms. The topological polar surface area (TPSA) is 78.0 Å². The molecule has 0 aliphatic carbocycles. The number of thiophene rings is 1. The summed E-state index contributed by atoms with van der Waals surface area (Å²) < 4.78 is 1.64. The van der Waals surface area contributed by atoms with E-state index in [1.807, 2.05) is 12.3 Å². The normalized spacial score (nSPS) is 11.4. The van der Waals surface area contributed by atoms with Crippen molar-refractivity contribution in [1.29, 1.82) is 0 Å². The first-order valence-electron chi connectivity index (χ1n) is 8.75. The van der Waals surface area contributed by atoms with Gasteiger partial charge < -0.3 is 5.73 Å². The van der Waals surface area contributed by atoms with Crippen LogP contribution in [0.5, 0.6) is 0 Å². The number of primary amides is 1. The summed E-state index contributed by atoms with van der Waals surface area (Å²) in [6.45, 7) is 6.58. The zero-order valence-corrected chi connectivity index (χ0v) is 16.1. The minimum absolute atomic E-state index is 0.0545. The van der Waals surface area contributed by atoms with Crippen molar-refractivity contribution >= 4 is 27.5 Å². The largest absolute Gasteiger partial charge is 0.370 e. The maximum atomic E-state index is 13.1. The van der Waals surface area contributed by atoms with Crippen LogP contribution in [0.4, 0.5) is 0 Å². The predicted molar refractivity (Wildman–Crippen MR) is 107 cm³/mol. The van der Waals surface area contributed by atoms with Crippen molar-refractivity contribution in [3.8, 4) is 11.1 Å². The first-order valence-corrected chi connectivity index (χ1v) is 9.63. The summed E-state index contributed by atoms with van der Waals surface area (Å²) in [5, 5.41) is 2.65. The minimum atomic E-state index is -0.355. The summed E-state index contributed by atoms with van der Waals surface area (Å²) in [6, 6.07) is 8.34. The van der Waals surface area contributed by atoms with Gasteiger partial charge >= 0.3 is 0 Å². The molecule has 136 valence electrons. The molecule has 0 atom stereocenters. The van der Waals surface area contributed by atoms with Crippen molar-refractivity contribution in [3.63, 3.8) is 0 Å². The van der Waals surface area contributed by atoms with E-state index in [0.29, 0.717) is 30.1 Å². The molecule has 0 aliphatic heterocycles. The Kier molecular flexibility index (Phi) is 5.23. The maximum absolute atomic E-state index is 13.1. The highest BCUT2D eigenvalue weighted by atomic mass is 32.1. The maximum Gasteiger partial charge on any atom is 0.262 e. The van der Waals surface area contributed by atoms with Crippen LogP contribution in [0.1, 0.15) is 44.0 Å². The van der Waals surface area contributed by atoms with Crippen molar-refractivity contribution in [2.45, 2.75) is 46.1 Å². The van der Waals surface area contributed by atoms with Crippen LogP contribution in [0.2, 0.25) is 0 Å². The SMILES string of the molecule is Cc1nc2scc(-c3ccc(C(C)C)cc3)c2c(=O)n1CCCC(N)=O. The van der Waals surface area contributed by atoms with E-state index in [-0.39, 0.29) is 17.9 Å². The number of hydrogen-bond donors (Lipinski definition) is 1. The summed E-state index contributed by atoms with van der Waals surface area (Å²) in [4.78, 5) is 29.4. The second-order valence-corrected chi connectivity index (χ2v) is 7.65. The average Bonchev–Trinajstić information content (AvgIpc) is 3.01. The fraction of sp³-hybridized carbons (Fsp3) is 0.350. The van der Waals surface area contributed by atoms with E-state index in [4.69, 9.17) is 5.73 Å². The van der Waals surface area contributed by atoms with Gasteiger partial charge in [0, 0.05) is 23.9 Å². The zero-order chi connectivity index (χ0) is 18.8. The van der Waals surface area contributed by atoms with Gasteiger partial charge in [-0.2, -0.15) is 0 Å². The van der Waals surface area contributed by atoms with Crippen LogP contribution >= 0.6 is 11.3 Å². The third-order valence-corrected chi connectivity index (χ3v) is 5.45. The molecule has 3 aromatic rings. The fourth-order valence-electron chi connectivity index (χ4n) is 3.06. The van der Waals surface area contributed by atoms with Gasteiger partial charge in [-0.15, -0.1) is 11.3 Å². The third-order valence-electron chi connectivity index (χ3n) is 4.58. The summed E-state index contributed by atoms with van der Waals surface area (Å²) in [6.07, 6.45) is 0.795. The van der Waals surface area contributed by atoms with E-state index in [9.17, 15) is 9.59 Å². The van der Waals surface area contributed by atoms with E-state index in [1.165, 1.54) is 16.9 Å². The Bertz CT molecular complexity index is 1000. The number of carbonyl (C=O) groups excluding carboxylic acids is 1. The van der Waals surface area contributed by atoms with E-state index in [1.54, 1.807) is 4.57 Å². The smallest absolute Gasteiger partial charge is 0.262 e. The van der Waals surface area contributed by atoms with Crippen LogP contribution in [-0.4, -0.2) is 15.5 Å². The van der Waals surface area contributed by atoms with Crippen molar-refractivity contribution in [2.75, 3.05) is 0 Å². The number of rotatable bonds is 6. The standard InChI is InChI=1S/C20H23N3O2S/c1-12(2)14-6-8-15(9-7-14)16-11-26-19-18(16)20(25)23(13(3)22-19)10-4-5-17(21)24/h6-9,11-12H,4-5,10H2,1-3H3,(H2,21,24). The minimum Gasteiger partial charge on any atom is -0.370 e. The first-order chi connectivity index (χ1) is 12.4. The van der Waals surface area contributed by atoms with Crippen LogP contribution < -0.4 is 11.3 Å². The van der Waals surface area contributed by atoms with E-state index in [0.717, 1.165) is 16.0 Å². The monoisotopic (exact) mass is 369 g/mol. The number of fused-ring (bicyclic) bond motifs is 1. The molecule has 2 heterocycles. The Hall–Kier alpha value is -2.47. The molecule has 1 amide bonds. The van der Waals surface area contributed by atoms with Crippen LogP contribution in [0.25, 0.3) is 21.3 Å². The number of hydrogen-bond acceptors (Lipinski definition) is 4. The molecule has 3 rings (SSSR count). The molecule has 26 heavy (non-hydrogen) atoms. The Morgan fingerprint density at radius 3 is 2.58 bits per heavy atom. The highest BCUT2D eigenvalue weighted by Crippen LogP contribution is 2.31. The van der Waals surface area contributed by atoms with Crippen molar-refractivity contribution in [3.05, 3.63) is 51.4 Å². The molecule has 5 nitrogen and oxygen atoms in total. The number of carbonyl (C=O) groups is 1. The average molecular weight is 369 g/mol. The molecule has 0 aliphatic rings. The van der Waals surface area contributed by atoms with E-state index in [2.05, 4.69) is 43.1 Å². The number of amides is 1. The molecule has 0 radical (unpaired) electrons. The molecule has 0 bridgehead atoms. The Morgan fingerprint density at radius 1 is 1.27 bits per heavy atom. The molecule has 1 aromatic carbocycles. The summed E-state index contributed by atoms with van der Waals surface area (Å²) in [7, 11) is 0. The van der Waals surface area contributed by atoms with Gasteiger partial charge in [-0.25, -0.2) is 4.98 Å². The molecule has 2 aromatic heterocycles. The lowest BCUT2D eigenvalue weighted by Gasteiger charge is -2.10. The van der Waals surface area contributed by atoms with Gasteiger partial charge in [-0.05, 0) is 30.4 Å². The Morgan fingerprint density at radius 2 is 1.96 bits per heavy atom. The highest BCUT2D eigenvalue weighted by molar-refractivity contribution is 7.17. The van der Waals surface area contributed by atoms with Gasteiger partial charge in [0.25, 0.3) is 5.56 Å². The molecular formula is C20H23N3O2S. The van der Waals surface area contributed by atoms with Crippen LogP contribution in [0.15, 0.2) is 34.4 Å². The van der Waals surface area contributed by atoms with Crippen LogP contribution in [0, 0.1) is 6.92 Å². The summed E-state index contributed by atoms with van der Waals surface area (Å²) in [5.74, 6) is 0.775. The van der Waals surface area contributed by atoms with Gasteiger partial charge in [-0.3, -0.25) is 14.2 Å². The number of benzene rings is 1. The summed E-state index contributed by atoms with van der Waals surface area (Å²) in [5.41, 5.74) is 8.35. The lowest BCUT2D eigenvalue weighted by molar-refractivity contribution is -0.118. The van der Waals surface area contributed by atoms with Crippen LogP contribution in [0.3, 0.4) is 0 Å². The molecule has 2 N–H and O–H groups in total. The second-order valence-electron chi connectivity index (χ2n) is 6.79. The third kappa shape index (κ3) is 3.55. The van der Waals surface area contributed by atoms with E-state index < -0.39 is 0 Å². The lowest BCUT2D eigenvalue weighted by atomic mass is 9.99. The molecule has 0 spiro atoms. The molecular weight excluding hydrogens is 346 g/mol. The number of aryl methyl sites for hydroxylation is 1. The lowest BCUT2D eigenvalue weighted by Crippen LogP contribution is -2.24. The fourth-order valence-corrected chi connectivity index (χ4v) is 4.04. The first kappa shape index (κ1) is 18.3. The van der Waals surface area contributed by atoms with Gasteiger partial charge in [0.05, 0.1) is 5.39 Å². The predicted octanol–water partition coefficient (Wildman–Crippen LogP) is 3.82. The van der Waals surface area contributed by atoms with Crippen molar-refractivity contribution in [1.82, 2.24) is 9.55 Å². The Labute approximate surface area is 156 Å². The molecule has 0 saturated carbocycles. The van der Waals surface area contributed by atoms with Gasteiger partial charge in [-0.1, -0.05) is 38.1 Å². The molecule has 0 saturated heterocycles. The van der Waals surface area contributed by atoms with E-state index >= 15 is 0 Å². The Balaban J connectivity index is 2.05. The highest BCUT2D eigenvalue weighted by Gasteiger charge is 2.15. The summed E-state index contributed by atoms with van der Waals surface area (Å²) >= 11 is 1.49. The second kappa shape index (κ2) is 7.41. The van der Waals surface area contributed by atoms with Crippen LogP contribution in [-0.2, 0) is 11.3 Å². The van der Waals surface area contributed by atoms with Gasteiger partial charge in [0.1, 0.15) is 10.7 Å².